The molecular weight excluding hydrogens is 390 g/mol. The van der Waals surface area contributed by atoms with Crippen LogP contribution in [-0.2, 0) is 9.59 Å². The van der Waals surface area contributed by atoms with Crippen LogP contribution in [0, 0.1) is 13.8 Å². The summed E-state index contributed by atoms with van der Waals surface area (Å²) in [6.07, 6.45) is 0.0384. The molecule has 2 aromatic carbocycles. The molecule has 0 radical (unpaired) electrons. The first-order valence-electron chi connectivity index (χ1n) is 9.04. The Labute approximate surface area is 173 Å². The number of aryl methyl sites for hydroxylation is 2. The van der Waals surface area contributed by atoms with E-state index in [4.69, 9.17) is 9.47 Å². The maximum absolute atomic E-state index is 12.4. The third-order valence-corrected chi connectivity index (χ3v) is 5.33. The molecule has 0 saturated carbocycles. The zero-order chi connectivity index (χ0) is 21.0. The zero-order valence-corrected chi connectivity index (χ0v) is 17.6. The van der Waals surface area contributed by atoms with Crippen molar-refractivity contribution in [3.05, 3.63) is 47.5 Å². The van der Waals surface area contributed by atoms with E-state index in [-0.39, 0.29) is 18.2 Å². The van der Waals surface area contributed by atoms with Crippen molar-refractivity contribution in [2.45, 2.75) is 25.5 Å². The van der Waals surface area contributed by atoms with Crippen LogP contribution in [0.5, 0.6) is 11.5 Å². The highest BCUT2D eigenvalue weighted by molar-refractivity contribution is 8.15. The number of rotatable bonds is 6. The highest BCUT2D eigenvalue weighted by Crippen LogP contribution is 2.30. The van der Waals surface area contributed by atoms with Crippen LogP contribution in [0.2, 0.25) is 0 Å². The molecule has 2 amide bonds. The number of anilines is 1. The lowest BCUT2D eigenvalue weighted by molar-refractivity contribution is -0.122. The summed E-state index contributed by atoms with van der Waals surface area (Å²) < 4.78 is 10.4. The van der Waals surface area contributed by atoms with Crippen LogP contribution in [0.15, 0.2) is 41.4 Å². The summed E-state index contributed by atoms with van der Waals surface area (Å²) in [4.78, 5) is 29.2. The Morgan fingerprint density at radius 1 is 1.10 bits per heavy atom. The average molecular weight is 413 g/mol. The number of carbonyl (C=O) groups excluding carboxylic acids is 2. The molecule has 3 rings (SSSR count). The number of nitrogens with one attached hydrogen (secondary N) is 2. The Kier molecular flexibility index (Phi) is 6.43. The minimum atomic E-state index is -0.528. The van der Waals surface area contributed by atoms with Gasteiger partial charge in [0.25, 0.3) is 0 Å². The Balaban J connectivity index is 1.64. The second kappa shape index (κ2) is 9.00. The normalized spacial score (nSPS) is 17.2. The Bertz CT molecular complexity index is 954. The van der Waals surface area contributed by atoms with Gasteiger partial charge in [0.15, 0.2) is 16.7 Å². The molecule has 2 N–H and O–H groups in total. The summed E-state index contributed by atoms with van der Waals surface area (Å²) in [5.74, 6) is 0.600. The Morgan fingerprint density at radius 2 is 1.79 bits per heavy atom. The van der Waals surface area contributed by atoms with Crippen molar-refractivity contribution in [3.63, 3.8) is 0 Å². The second-order valence-corrected chi connectivity index (χ2v) is 7.87. The number of amidine groups is 1. The lowest BCUT2D eigenvalue weighted by atomic mass is 10.1. The number of carbonyl (C=O) groups is 2. The Morgan fingerprint density at radius 3 is 2.45 bits per heavy atom. The molecular formula is C21H23N3O4S. The van der Waals surface area contributed by atoms with E-state index < -0.39 is 5.25 Å². The molecule has 29 heavy (non-hydrogen) atoms. The van der Waals surface area contributed by atoms with E-state index in [1.54, 1.807) is 25.3 Å². The summed E-state index contributed by atoms with van der Waals surface area (Å²) in [6.45, 7) is 4.00. The van der Waals surface area contributed by atoms with Crippen LogP contribution in [0.3, 0.4) is 0 Å². The van der Waals surface area contributed by atoms with Crippen LogP contribution in [0.25, 0.3) is 0 Å². The third kappa shape index (κ3) is 5.29. The van der Waals surface area contributed by atoms with Gasteiger partial charge in [0, 0.05) is 18.2 Å². The summed E-state index contributed by atoms with van der Waals surface area (Å²) in [7, 11) is 3.07. The van der Waals surface area contributed by atoms with Gasteiger partial charge in [0.05, 0.1) is 19.9 Å². The number of thioether (sulfide) groups is 1. The van der Waals surface area contributed by atoms with Crippen molar-refractivity contribution in [3.8, 4) is 11.5 Å². The van der Waals surface area contributed by atoms with Crippen molar-refractivity contribution in [1.29, 1.82) is 0 Å². The molecule has 2 aromatic rings. The quantitative estimate of drug-likeness (QED) is 0.756. The van der Waals surface area contributed by atoms with E-state index >= 15 is 0 Å². The maximum atomic E-state index is 12.4. The van der Waals surface area contributed by atoms with Gasteiger partial charge in [-0.25, -0.2) is 4.99 Å². The number of nitrogens with zero attached hydrogens (tertiary/aromatic N) is 1. The van der Waals surface area contributed by atoms with Gasteiger partial charge in [0.1, 0.15) is 5.25 Å². The van der Waals surface area contributed by atoms with Crippen molar-refractivity contribution in [2.75, 3.05) is 19.5 Å². The molecule has 7 nitrogen and oxygen atoms in total. The lowest BCUT2D eigenvalue weighted by Crippen LogP contribution is -2.28. The summed E-state index contributed by atoms with van der Waals surface area (Å²) >= 11 is 1.26. The first-order valence-corrected chi connectivity index (χ1v) is 9.92. The zero-order valence-electron chi connectivity index (χ0n) is 16.7. The van der Waals surface area contributed by atoms with Crippen LogP contribution in [0.4, 0.5) is 11.4 Å². The number of hydrogen-bond donors (Lipinski definition) is 2. The van der Waals surface area contributed by atoms with Gasteiger partial charge in [-0.05, 0) is 49.2 Å². The van der Waals surface area contributed by atoms with E-state index in [0.29, 0.717) is 22.4 Å². The predicted molar refractivity (Wildman–Crippen MR) is 115 cm³/mol. The van der Waals surface area contributed by atoms with Gasteiger partial charge < -0.3 is 20.1 Å². The average Bonchev–Trinajstić information content (AvgIpc) is 2.99. The number of ether oxygens (including phenoxy) is 2. The molecule has 0 aliphatic carbocycles. The molecule has 1 aliphatic heterocycles. The molecule has 0 unspecified atom stereocenters. The molecule has 8 heteroatoms. The highest BCUT2D eigenvalue weighted by Gasteiger charge is 2.32. The van der Waals surface area contributed by atoms with E-state index in [0.717, 1.165) is 16.8 Å². The largest absolute Gasteiger partial charge is 0.493 e. The molecule has 152 valence electrons. The second-order valence-electron chi connectivity index (χ2n) is 6.68. The number of aliphatic imine (C=N–C) groups is 1. The monoisotopic (exact) mass is 413 g/mol. The SMILES string of the molecule is COc1ccc(NC(=O)C[C@@H]2SC(=Nc3cc(C)cc(C)c3)NC2=O)cc1OC. The van der Waals surface area contributed by atoms with Gasteiger partial charge in [-0.3, -0.25) is 9.59 Å². The van der Waals surface area contributed by atoms with Crippen LogP contribution < -0.4 is 20.1 Å². The minimum Gasteiger partial charge on any atom is -0.493 e. The summed E-state index contributed by atoms with van der Waals surface area (Å²) in [5, 5.41) is 5.51. The van der Waals surface area contributed by atoms with Gasteiger partial charge in [-0.2, -0.15) is 0 Å². The van der Waals surface area contributed by atoms with Crippen molar-refractivity contribution in [2.24, 2.45) is 4.99 Å². The molecule has 1 saturated heterocycles. The summed E-state index contributed by atoms with van der Waals surface area (Å²) in [5.41, 5.74) is 3.55. The molecule has 1 atom stereocenters. The molecule has 1 aliphatic rings. The van der Waals surface area contributed by atoms with Crippen molar-refractivity contribution >= 4 is 40.1 Å². The number of hydrogen-bond acceptors (Lipinski definition) is 6. The fraction of sp³-hybridized carbons (Fsp3) is 0.286. The van der Waals surface area contributed by atoms with Gasteiger partial charge in [-0.1, -0.05) is 17.8 Å². The first kappa shape index (κ1) is 20.7. The van der Waals surface area contributed by atoms with Gasteiger partial charge in [-0.15, -0.1) is 0 Å². The van der Waals surface area contributed by atoms with Gasteiger partial charge >= 0.3 is 0 Å². The topological polar surface area (TPSA) is 89.0 Å². The van der Waals surface area contributed by atoms with Crippen molar-refractivity contribution in [1.82, 2.24) is 5.32 Å². The predicted octanol–water partition coefficient (Wildman–Crippen LogP) is 3.57. The molecule has 1 fully saturated rings. The molecule has 0 spiro atoms. The number of benzene rings is 2. The van der Waals surface area contributed by atoms with E-state index in [9.17, 15) is 9.59 Å². The first-order chi connectivity index (χ1) is 13.9. The van der Waals surface area contributed by atoms with Crippen LogP contribution in [-0.4, -0.2) is 36.5 Å². The molecule has 1 heterocycles. The smallest absolute Gasteiger partial charge is 0.240 e. The molecule has 0 aromatic heterocycles. The lowest BCUT2D eigenvalue weighted by Gasteiger charge is -2.11. The standard InChI is InChI=1S/C21H23N3O4S/c1-12-7-13(2)9-15(8-12)23-21-24-20(26)18(29-21)11-19(25)22-14-5-6-16(27-3)17(10-14)28-4/h5-10,18H,11H2,1-4H3,(H,22,25)(H,23,24,26)/t18-/m0/s1. The highest BCUT2D eigenvalue weighted by atomic mass is 32.2. The van der Waals surface area contributed by atoms with E-state index in [1.807, 2.05) is 26.0 Å². The maximum Gasteiger partial charge on any atom is 0.240 e. The van der Waals surface area contributed by atoms with Crippen molar-refractivity contribution < 1.29 is 19.1 Å². The fourth-order valence-electron chi connectivity index (χ4n) is 3.02. The summed E-state index contributed by atoms with van der Waals surface area (Å²) in [6, 6.07) is 11.1. The fourth-order valence-corrected chi connectivity index (χ4v) is 4.01. The van der Waals surface area contributed by atoms with Gasteiger partial charge in [0.2, 0.25) is 11.8 Å². The van der Waals surface area contributed by atoms with E-state index in [2.05, 4.69) is 21.7 Å². The number of methoxy groups -OCH3 is 2. The number of amides is 2. The Hall–Kier alpha value is -3.00. The van der Waals surface area contributed by atoms with Crippen LogP contribution in [0.1, 0.15) is 17.5 Å². The minimum absolute atomic E-state index is 0.0384. The third-order valence-electron chi connectivity index (χ3n) is 4.25. The van der Waals surface area contributed by atoms with E-state index in [1.165, 1.54) is 18.9 Å². The molecule has 0 bridgehead atoms. The van der Waals surface area contributed by atoms with Crippen LogP contribution >= 0.6 is 11.8 Å².